The smallest absolute Gasteiger partial charge is 0.0535 e. The summed E-state index contributed by atoms with van der Waals surface area (Å²) < 4.78 is 4.98. The van der Waals surface area contributed by atoms with Crippen molar-refractivity contribution in [1.29, 1.82) is 0 Å². The number of rotatable bonds is 8. The summed E-state index contributed by atoms with van der Waals surface area (Å²) in [5.41, 5.74) is 27.1. The highest BCUT2D eigenvalue weighted by Crippen LogP contribution is 2.54. The van der Waals surface area contributed by atoms with Gasteiger partial charge in [-0.2, -0.15) is 0 Å². The van der Waals surface area contributed by atoms with Crippen LogP contribution in [0.15, 0.2) is 255 Å². The Labute approximate surface area is 457 Å². The number of fused-ring (bicyclic) bond motifs is 8. The third-order valence-electron chi connectivity index (χ3n) is 17.6. The fourth-order valence-corrected chi connectivity index (χ4v) is 13.8. The Hall–Kier alpha value is -9.24. The first-order chi connectivity index (χ1) is 38.2. The summed E-state index contributed by atoms with van der Waals surface area (Å²) in [5.74, 6) is 0. The Morgan fingerprint density at radius 1 is 0.308 bits per heavy atom. The van der Waals surface area contributed by atoms with Gasteiger partial charge in [-0.05, 0) is 184 Å². The average Bonchev–Trinajstić information content (AvgIpc) is 4.05. The van der Waals surface area contributed by atoms with Crippen LogP contribution in [-0.4, -0.2) is 9.13 Å². The molecule has 10 aromatic carbocycles. The summed E-state index contributed by atoms with van der Waals surface area (Å²) >= 11 is 0. The van der Waals surface area contributed by atoms with Crippen LogP contribution in [0.1, 0.15) is 68.5 Å². The van der Waals surface area contributed by atoms with Crippen LogP contribution in [0.4, 0.5) is 0 Å². The van der Waals surface area contributed by atoms with Crippen molar-refractivity contribution in [3.8, 4) is 89.7 Å². The molecule has 0 amide bonds. The summed E-state index contributed by atoms with van der Waals surface area (Å²) in [6.07, 6.45) is 9.14. The molecule has 0 saturated heterocycles. The fraction of sp³-hybridized carbons (Fsp3) is 0.105. The minimum atomic E-state index is -0.179. The number of nitrogens with zero attached hydrogens (tertiary/aromatic N) is 2. The average molecular weight is 999 g/mol. The van der Waals surface area contributed by atoms with Gasteiger partial charge in [0.25, 0.3) is 0 Å². The van der Waals surface area contributed by atoms with Crippen molar-refractivity contribution < 1.29 is 0 Å². The van der Waals surface area contributed by atoms with E-state index in [4.69, 9.17) is 0 Å². The van der Waals surface area contributed by atoms with E-state index in [0.29, 0.717) is 0 Å². The molecule has 2 heterocycles. The van der Waals surface area contributed by atoms with Crippen LogP contribution in [0.3, 0.4) is 0 Å². The largest absolute Gasteiger partial charge is 0.309 e. The normalized spacial score (nSPS) is 14.5. The summed E-state index contributed by atoms with van der Waals surface area (Å²) in [4.78, 5) is 0. The van der Waals surface area contributed by atoms with E-state index in [0.717, 1.165) is 35.6 Å². The lowest BCUT2D eigenvalue weighted by molar-refractivity contribution is 0.660. The van der Waals surface area contributed by atoms with Gasteiger partial charge >= 0.3 is 0 Å². The van der Waals surface area contributed by atoms with Gasteiger partial charge in [-0.3, -0.25) is 0 Å². The van der Waals surface area contributed by atoms with E-state index in [1.54, 1.807) is 0 Å². The molecule has 372 valence electrons. The molecule has 0 unspecified atom stereocenters. The number of allylic oxidation sites excluding steroid dienone is 4. The Bertz CT molecular complexity index is 4400. The SMILES string of the molecule is CC1(C)c2ccccc2-c2ccc(-c3c4ccc(-n5c(-c6ccccc6)ccc5-c5ccccc5)cc4c(-c4ccc5c(c4)C(C)(C)c4ccccc4-5)c4ccc(-n5c(C6=CCCC=C6)ccc5-c5ccccc5)cc34)cc21. The zero-order valence-electron chi connectivity index (χ0n) is 44.6. The van der Waals surface area contributed by atoms with E-state index in [1.165, 1.54) is 122 Å². The standard InChI is InChI=1S/C76H58N2/c1-75(2)65-31-19-17-29-57(65)59-37-33-53(45-67(59)75)73-61-39-35-56(78-71(51-25-13-7-14-26-51)43-44-72(78)52-27-15-8-16-28-52)48-64(61)74(54-34-38-60-58-30-18-20-32-66(58)76(3,4)68(60)46-54)62-40-36-55(47-63(62)73)77-69(49-21-9-5-10-22-49)41-42-70(77)50-23-11-6-12-24-50/h5-7,9-15,17-48H,8,16H2,1-4H3. The van der Waals surface area contributed by atoms with E-state index in [-0.39, 0.29) is 10.8 Å². The molecule has 0 saturated carbocycles. The summed E-state index contributed by atoms with van der Waals surface area (Å²) in [5, 5.41) is 4.88. The highest BCUT2D eigenvalue weighted by Gasteiger charge is 2.37. The predicted octanol–water partition coefficient (Wildman–Crippen LogP) is 20.3. The molecule has 0 atom stereocenters. The first kappa shape index (κ1) is 46.1. The highest BCUT2D eigenvalue weighted by molar-refractivity contribution is 6.22. The van der Waals surface area contributed by atoms with Gasteiger partial charge in [0.15, 0.2) is 0 Å². The topological polar surface area (TPSA) is 9.86 Å². The van der Waals surface area contributed by atoms with Gasteiger partial charge in [-0.25, -0.2) is 0 Å². The number of hydrogen-bond acceptors (Lipinski definition) is 0. The predicted molar refractivity (Wildman–Crippen MR) is 329 cm³/mol. The van der Waals surface area contributed by atoms with Crippen LogP contribution < -0.4 is 0 Å². The van der Waals surface area contributed by atoms with E-state index in [9.17, 15) is 0 Å². The first-order valence-corrected chi connectivity index (χ1v) is 27.7. The molecule has 0 fully saturated rings. The molecule has 3 aliphatic carbocycles. The van der Waals surface area contributed by atoms with Crippen molar-refractivity contribution >= 4 is 27.1 Å². The monoisotopic (exact) mass is 998 g/mol. The maximum Gasteiger partial charge on any atom is 0.0535 e. The highest BCUT2D eigenvalue weighted by atomic mass is 15.0. The molecular weight excluding hydrogens is 941 g/mol. The fourth-order valence-electron chi connectivity index (χ4n) is 13.8. The molecule has 12 aromatic rings. The molecule has 0 radical (unpaired) electrons. The zero-order valence-corrected chi connectivity index (χ0v) is 44.6. The Balaban J connectivity index is 1.07. The lowest BCUT2D eigenvalue weighted by Gasteiger charge is -2.25. The minimum absolute atomic E-state index is 0.178. The van der Waals surface area contributed by atoms with E-state index >= 15 is 0 Å². The van der Waals surface area contributed by atoms with Crippen LogP contribution >= 0.6 is 0 Å². The third-order valence-corrected chi connectivity index (χ3v) is 17.6. The van der Waals surface area contributed by atoms with Crippen molar-refractivity contribution in [2.24, 2.45) is 0 Å². The van der Waals surface area contributed by atoms with Crippen molar-refractivity contribution in [1.82, 2.24) is 9.13 Å². The first-order valence-electron chi connectivity index (χ1n) is 27.7. The van der Waals surface area contributed by atoms with Crippen molar-refractivity contribution in [2.75, 3.05) is 0 Å². The summed E-state index contributed by atoms with van der Waals surface area (Å²) in [6, 6.07) is 89.2. The van der Waals surface area contributed by atoms with E-state index in [2.05, 4.69) is 292 Å². The maximum atomic E-state index is 2.53. The number of hydrogen-bond donors (Lipinski definition) is 0. The van der Waals surface area contributed by atoms with Gasteiger partial charge in [0.2, 0.25) is 0 Å². The molecule has 0 N–H and O–H groups in total. The quantitative estimate of drug-likeness (QED) is 0.134. The van der Waals surface area contributed by atoms with Gasteiger partial charge in [0.1, 0.15) is 0 Å². The maximum absolute atomic E-state index is 2.53. The zero-order chi connectivity index (χ0) is 52.3. The van der Waals surface area contributed by atoms with Gasteiger partial charge in [0.05, 0.1) is 22.8 Å². The van der Waals surface area contributed by atoms with Gasteiger partial charge < -0.3 is 9.13 Å². The Kier molecular flexibility index (Phi) is 10.4. The second-order valence-electron chi connectivity index (χ2n) is 22.7. The van der Waals surface area contributed by atoms with Gasteiger partial charge in [0, 0.05) is 22.2 Å². The molecule has 2 nitrogen and oxygen atoms in total. The van der Waals surface area contributed by atoms with Crippen LogP contribution in [0, 0.1) is 0 Å². The van der Waals surface area contributed by atoms with Crippen molar-refractivity contribution in [3.05, 3.63) is 283 Å². The molecular formula is C76H58N2. The molecule has 2 aromatic heterocycles. The second kappa shape index (κ2) is 17.7. The number of benzene rings is 10. The lowest BCUT2D eigenvalue weighted by atomic mass is 9.79. The molecule has 2 heteroatoms. The third kappa shape index (κ3) is 7.02. The van der Waals surface area contributed by atoms with Crippen LogP contribution in [0.25, 0.3) is 117 Å². The Morgan fingerprint density at radius 2 is 0.705 bits per heavy atom. The minimum Gasteiger partial charge on any atom is -0.309 e. The number of aromatic nitrogens is 2. The molecule has 0 aliphatic heterocycles. The molecule has 3 aliphatic rings. The molecule has 0 bridgehead atoms. The molecule has 78 heavy (non-hydrogen) atoms. The second-order valence-corrected chi connectivity index (χ2v) is 22.7. The van der Waals surface area contributed by atoms with E-state index < -0.39 is 0 Å². The summed E-state index contributed by atoms with van der Waals surface area (Å²) in [6.45, 7) is 9.60. The lowest BCUT2D eigenvalue weighted by Crippen LogP contribution is -2.15. The van der Waals surface area contributed by atoms with Crippen LogP contribution in [0.2, 0.25) is 0 Å². The molecule has 0 spiro atoms. The van der Waals surface area contributed by atoms with Crippen molar-refractivity contribution in [3.63, 3.8) is 0 Å². The summed E-state index contributed by atoms with van der Waals surface area (Å²) in [7, 11) is 0. The van der Waals surface area contributed by atoms with Crippen molar-refractivity contribution in [2.45, 2.75) is 51.4 Å². The van der Waals surface area contributed by atoms with Crippen LogP contribution in [-0.2, 0) is 10.8 Å². The molecule has 15 rings (SSSR count). The van der Waals surface area contributed by atoms with Gasteiger partial charge in [-0.1, -0.05) is 222 Å². The Morgan fingerprint density at radius 3 is 1.14 bits per heavy atom. The van der Waals surface area contributed by atoms with Crippen LogP contribution in [0.5, 0.6) is 0 Å². The van der Waals surface area contributed by atoms with Gasteiger partial charge in [-0.15, -0.1) is 0 Å². The van der Waals surface area contributed by atoms with E-state index in [1.807, 2.05) is 0 Å².